The minimum absolute atomic E-state index is 0.156. The summed E-state index contributed by atoms with van der Waals surface area (Å²) in [5.41, 5.74) is 0.178. The average Bonchev–Trinajstić information content (AvgIpc) is 2.44. The smallest absolute Gasteiger partial charge is 0.251 e. The number of benzene rings is 1. The first-order valence-corrected chi connectivity index (χ1v) is 6.11. The summed E-state index contributed by atoms with van der Waals surface area (Å²) in [6.07, 6.45) is 3.19. The van der Waals surface area contributed by atoms with Crippen molar-refractivity contribution in [3.8, 4) is 0 Å². The molecule has 2 amide bonds. The number of hydrogen-bond acceptors (Lipinski definition) is 2. The fourth-order valence-corrected chi connectivity index (χ4v) is 1.59. The third kappa shape index (κ3) is 4.68. The molecule has 4 nitrogen and oxygen atoms in total. The van der Waals surface area contributed by atoms with Gasteiger partial charge in [-0.3, -0.25) is 9.59 Å². The zero-order valence-corrected chi connectivity index (χ0v) is 11.1. The van der Waals surface area contributed by atoms with Gasteiger partial charge in [-0.1, -0.05) is 18.2 Å². The molecule has 0 aliphatic rings. The molecule has 0 saturated carbocycles. The minimum atomic E-state index is -0.496. The Morgan fingerprint density at radius 2 is 1.90 bits per heavy atom. The van der Waals surface area contributed by atoms with Crippen LogP contribution in [0.2, 0.25) is 0 Å². The molecule has 0 aromatic heterocycles. The van der Waals surface area contributed by atoms with E-state index in [1.807, 2.05) is 0 Å². The second-order valence-electron chi connectivity index (χ2n) is 4.07. The second-order valence-corrected chi connectivity index (χ2v) is 4.07. The predicted octanol–water partition coefficient (Wildman–Crippen LogP) is 1.76. The maximum atomic E-state index is 13.0. The molecule has 0 aliphatic heterocycles. The highest BCUT2D eigenvalue weighted by Crippen LogP contribution is 2.03. The van der Waals surface area contributed by atoms with E-state index in [4.69, 9.17) is 0 Å². The van der Waals surface area contributed by atoms with Crippen LogP contribution in [0.5, 0.6) is 0 Å². The van der Waals surface area contributed by atoms with Crippen LogP contribution in [-0.2, 0) is 4.79 Å². The fraction of sp³-hybridized carbons (Fsp3) is 0.200. The lowest BCUT2D eigenvalue weighted by molar-refractivity contribution is -0.129. The fourth-order valence-electron chi connectivity index (χ4n) is 1.59. The molecule has 20 heavy (non-hydrogen) atoms. The van der Waals surface area contributed by atoms with E-state index >= 15 is 0 Å². The van der Waals surface area contributed by atoms with Crippen LogP contribution in [-0.4, -0.2) is 36.3 Å². The zero-order valence-electron chi connectivity index (χ0n) is 11.1. The topological polar surface area (TPSA) is 49.4 Å². The summed E-state index contributed by atoms with van der Waals surface area (Å²) in [4.78, 5) is 25.1. The van der Waals surface area contributed by atoms with Gasteiger partial charge in [0.05, 0.1) is 6.54 Å². The highest BCUT2D eigenvalue weighted by Gasteiger charge is 2.13. The van der Waals surface area contributed by atoms with Gasteiger partial charge in [-0.15, -0.1) is 13.2 Å². The number of nitrogens with zero attached hydrogens (tertiary/aromatic N) is 1. The molecule has 0 unspecified atom stereocenters. The molecule has 0 atom stereocenters. The van der Waals surface area contributed by atoms with Gasteiger partial charge in [0, 0.05) is 18.7 Å². The summed E-state index contributed by atoms with van der Waals surface area (Å²) in [5, 5.41) is 2.46. The third-order valence-electron chi connectivity index (χ3n) is 2.54. The Morgan fingerprint density at radius 3 is 2.45 bits per heavy atom. The first-order chi connectivity index (χ1) is 9.58. The van der Waals surface area contributed by atoms with Crippen molar-refractivity contribution in [2.45, 2.75) is 0 Å². The lowest BCUT2D eigenvalue weighted by Crippen LogP contribution is -2.40. The van der Waals surface area contributed by atoms with Gasteiger partial charge in [0.15, 0.2) is 0 Å². The molecule has 0 fully saturated rings. The first kappa shape index (κ1) is 15.6. The van der Waals surface area contributed by atoms with Crippen molar-refractivity contribution in [2.75, 3.05) is 19.6 Å². The summed E-state index contributed by atoms with van der Waals surface area (Å²) in [5.74, 6) is -1.24. The van der Waals surface area contributed by atoms with Gasteiger partial charge in [0.25, 0.3) is 5.91 Å². The van der Waals surface area contributed by atoms with Crippen LogP contribution in [0.3, 0.4) is 0 Å². The van der Waals surface area contributed by atoms with Gasteiger partial charge in [0.1, 0.15) is 5.82 Å². The molecule has 1 rings (SSSR count). The molecule has 106 valence electrons. The average molecular weight is 276 g/mol. The van der Waals surface area contributed by atoms with E-state index in [9.17, 15) is 14.0 Å². The van der Waals surface area contributed by atoms with Crippen LogP contribution < -0.4 is 5.32 Å². The molecule has 0 bridgehead atoms. The molecule has 0 radical (unpaired) electrons. The maximum Gasteiger partial charge on any atom is 0.251 e. The number of carbonyl (C=O) groups is 2. The second kappa shape index (κ2) is 7.89. The highest BCUT2D eigenvalue weighted by atomic mass is 19.1. The largest absolute Gasteiger partial charge is 0.343 e. The Hall–Kier alpha value is -2.43. The predicted molar refractivity (Wildman–Crippen MR) is 75.7 cm³/mol. The van der Waals surface area contributed by atoms with Crippen molar-refractivity contribution >= 4 is 11.8 Å². The van der Waals surface area contributed by atoms with Crippen molar-refractivity contribution in [1.29, 1.82) is 0 Å². The van der Waals surface area contributed by atoms with Crippen LogP contribution in [0.25, 0.3) is 0 Å². The Kier molecular flexibility index (Phi) is 6.16. The van der Waals surface area contributed by atoms with E-state index in [1.54, 1.807) is 12.2 Å². The molecule has 0 saturated heterocycles. The van der Waals surface area contributed by atoms with E-state index in [-0.39, 0.29) is 18.0 Å². The molecule has 5 heteroatoms. The quantitative estimate of drug-likeness (QED) is 0.771. The van der Waals surface area contributed by atoms with Crippen molar-refractivity contribution in [3.05, 3.63) is 61.0 Å². The molecule has 1 aromatic carbocycles. The van der Waals surface area contributed by atoms with E-state index in [0.29, 0.717) is 13.1 Å². The van der Waals surface area contributed by atoms with E-state index < -0.39 is 11.7 Å². The number of rotatable bonds is 7. The number of amides is 2. The van der Waals surface area contributed by atoms with Crippen LogP contribution in [0.1, 0.15) is 10.4 Å². The van der Waals surface area contributed by atoms with Gasteiger partial charge >= 0.3 is 0 Å². The van der Waals surface area contributed by atoms with E-state index in [2.05, 4.69) is 18.5 Å². The molecule has 0 aliphatic carbocycles. The maximum absolute atomic E-state index is 13.0. The third-order valence-corrected chi connectivity index (χ3v) is 2.54. The van der Waals surface area contributed by atoms with Crippen LogP contribution >= 0.6 is 0 Å². The van der Waals surface area contributed by atoms with E-state index in [0.717, 1.165) is 6.07 Å². The Morgan fingerprint density at radius 1 is 1.25 bits per heavy atom. The normalized spacial score (nSPS) is 9.65. The lowest BCUT2D eigenvalue weighted by atomic mass is 10.2. The van der Waals surface area contributed by atoms with Gasteiger partial charge in [0.2, 0.25) is 5.91 Å². The van der Waals surface area contributed by atoms with Crippen molar-refractivity contribution < 1.29 is 14.0 Å². The number of halogens is 1. The molecule has 1 N–H and O–H groups in total. The standard InChI is InChI=1S/C15H17FN2O2/c1-3-8-18(9-4-2)14(19)11-17-15(20)12-6-5-7-13(16)10-12/h3-7,10H,1-2,8-9,11H2,(H,17,20). The van der Waals surface area contributed by atoms with Gasteiger partial charge in [-0.05, 0) is 18.2 Å². The van der Waals surface area contributed by atoms with Gasteiger partial charge in [-0.2, -0.15) is 0 Å². The summed E-state index contributed by atoms with van der Waals surface area (Å²) in [6.45, 7) is 7.72. The highest BCUT2D eigenvalue weighted by molar-refractivity contribution is 5.96. The Bertz CT molecular complexity index is 504. The molecule has 1 aromatic rings. The number of carbonyl (C=O) groups excluding carboxylic acids is 2. The zero-order chi connectivity index (χ0) is 15.0. The minimum Gasteiger partial charge on any atom is -0.343 e. The van der Waals surface area contributed by atoms with E-state index in [1.165, 1.54) is 23.1 Å². The number of nitrogens with one attached hydrogen (secondary N) is 1. The van der Waals surface area contributed by atoms with Crippen LogP contribution in [0.15, 0.2) is 49.6 Å². The summed E-state index contributed by atoms with van der Waals surface area (Å²) in [6, 6.07) is 5.28. The summed E-state index contributed by atoms with van der Waals surface area (Å²) >= 11 is 0. The Labute approximate surface area is 117 Å². The molecular formula is C15H17FN2O2. The van der Waals surface area contributed by atoms with Crippen LogP contribution in [0.4, 0.5) is 4.39 Å². The lowest BCUT2D eigenvalue weighted by Gasteiger charge is -2.19. The van der Waals surface area contributed by atoms with Crippen molar-refractivity contribution in [1.82, 2.24) is 10.2 Å². The summed E-state index contributed by atoms with van der Waals surface area (Å²) < 4.78 is 13.0. The van der Waals surface area contributed by atoms with Crippen molar-refractivity contribution in [2.24, 2.45) is 0 Å². The monoisotopic (exact) mass is 276 g/mol. The molecule has 0 heterocycles. The van der Waals surface area contributed by atoms with Gasteiger partial charge < -0.3 is 10.2 Å². The molecule has 0 spiro atoms. The Balaban J connectivity index is 2.57. The first-order valence-electron chi connectivity index (χ1n) is 6.11. The molecular weight excluding hydrogens is 259 g/mol. The number of hydrogen-bond donors (Lipinski definition) is 1. The SMILES string of the molecule is C=CCN(CC=C)C(=O)CNC(=O)c1cccc(F)c1. The van der Waals surface area contributed by atoms with Crippen LogP contribution in [0, 0.1) is 5.82 Å². The summed E-state index contributed by atoms with van der Waals surface area (Å²) in [7, 11) is 0. The van der Waals surface area contributed by atoms with Crippen molar-refractivity contribution in [3.63, 3.8) is 0 Å². The van der Waals surface area contributed by atoms with Gasteiger partial charge in [-0.25, -0.2) is 4.39 Å².